The topological polar surface area (TPSA) is 101 Å². The molecule has 9 nitrogen and oxygen atoms in total. The van der Waals surface area contributed by atoms with E-state index in [0.29, 0.717) is 24.1 Å². The molecule has 2 aromatic carbocycles. The van der Waals surface area contributed by atoms with Crippen LogP contribution in [0.15, 0.2) is 73.3 Å². The van der Waals surface area contributed by atoms with Crippen molar-refractivity contribution >= 4 is 44.7 Å². The van der Waals surface area contributed by atoms with E-state index in [9.17, 15) is 14.0 Å². The summed E-state index contributed by atoms with van der Waals surface area (Å²) in [5.74, 6) is -2.04. The molecular formula is C34H32F2N6O3S. The highest BCUT2D eigenvalue weighted by molar-refractivity contribution is 7.22. The number of halogens is 2. The number of para-hydroxylation sites is 1. The first kappa shape index (κ1) is 30.0. The average molecular weight is 643 g/mol. The molecule has 2 aliphatic rings. The number of nitrogens with zero attached hydrogens (tertiary/aromatic N) is 4. The summed E-state index contributed by atoms with van der Waals surface area (Å²) in [5.41, 5.74) is 0.400. The molecule has 0 bridgehead atoms. The van der Waals surface area contributed by atoms with E-state index >= 15 is 4.39 Å². The standard InChI is InChI=1S/C34H32F2N6O3S/c35-23-6-1-2-7-25(23)40-33(44)34(11-12-34)32(43)39-22-8-9-28(24(36)18-22)45-29-10-13-37-26-19-30(46-31(26)29)27-20-42(21-38-27)17-5-16-41-14-3-4-15-41/h1-2,6-10,13,18-21H,3-5,11-12,14-17H2,(H,39,43)(H,40,44). The lowest BCUT2D eigenvalue weighted by Gasteiger charge is -2.16. The lowest BCUT2D eigenvalue weighted by molar-refractivity contribution is -0.131. The van der Waals surface area contributed by atoms with Gasteiger partial charge in [0.2, 0.25) is 11.8 Å². The van der Waals surface area contributed by atoms with Crippen molar-refractivity contribution in [3.63, 3.8) is 0 Å². The van der Waals surface area contributed by atoms with Gasteiger partial charge in [0.25, 0.3) is 0 Å². The van der Waals surface area contributed by atoms with Crippen LogP contribution < -0.4 is 15.4 Å². The highest BCUT2D eigenvalue weighted by Gasteiger charge is 2.56. The summed E-state index contributed by atoms with van der Waals surface area (Å²) < 4.78 is 38.1. The molecule has 0 radical (unpaired) electrons. The van der Waals surface area contributed by atoms with Crippen molar-refractivity contribution in [2.75, 3.05) is 30.3 Å². The van der Waals surface area contributed by atoms with Gasteiger partial charge in [0, 0.05) is 36.8 Å². The predicted octanol–water partition coefficient (Wildman–Crippen LogP) is 7.07. The summed E-state index contributed by atoms with van der Waals surface area (Å²) in [6.07, 6.45) is 9.77. The zero-order valence-electron chi connectivity index (χ0n) is 25.0. The first-order chi connectivity index (χ1) is 22.4. The largest absolute Gasteiger partial charge is 0.453 e. The predicted molar refractivity (Wildman–Crippen MR) is 173 cm³/mol. The molecular weight excluding hydrogens is 610 g/mol. The van der Waals surface area contributed by atoms with Crippen LogP contribution in [-0.4, -0.2) is 50.9 Å². The maximum Gasteiger partial charge on any atom is 0.240 e. The number of fused-ring (bicyclic) bond motifs is 1. The van der Waals surface area contributed by atoms with Gasteiger partial charge in [-0.1, -0.05) is 12.1 Å². The molecule has 2 amide bonds. The third-order valence-corrected chi connectivity index (χ3v) is 9.66. The number of likely N-dealkylation sites (tertiary alicyclic amines) is 1. The minimum Gasteiger partial charge on any atom is -0.453 e. The summed E-state index contributed by atoms with van der Waals surface area (Å²) in [6.45, 7) is 4.39. The molecule has 2 fully saturated rings. The lowest BCUT2D eigenvalue weighted by Crippen LogP contribution is -2.35. The third kappa shape index (κ3) is 6.22. The summed E-state index contributed by atoms with van der Waals surface area (Å²) in [5, 5.41) is 5.12. The first-order valence-electron chi connectivity index (χ1n) is 15.4. The summed E-state index contributed by atoms with van der Waals surface area (Å²) in [7, 11) is 0. The van der Waals surface area contributed by atoms with Crippen LogP contribution in [0, 0.1) is 17.0 Å². The number of anilines is 2. The Labute approximate surface area is 268 Å². The second kappa shape index (κ2) is 12.6. The number of carbonyl (C=O) groups excluding carboxylic acids is 2. The molecule has 1 aliphatic carbocycles. The van der Waals surface area contributed by atoms with Gasteiger partial charge >= 0.3 is 0 Å². The number of ether oxygens (including phenoxy) is 1. The Morgan fingerprint density at radius 1 is 0.913 bits per heavy atom. The van der Waals surface area contributed by atoms with Crippen LogP contribution in [0.2, 0.25) is 0 Å². The van der Waals surface area contributed by atoms with Crippen molar-refractivity contribution in [2.24, 2.45) is 5.41 Å². The minimum absolute atomic E-state index is 0.000138. The molecule has 12 heteroatoms. The molecule has 3 aromatic heterocycles. The van der Waals surface area contributed by atoms with E-state index in [1.807, 2.05) is 18.6 Å². The quantitative estimate of drug-likeness (QED) is 0.150. The van der Waals surface area contributed by atoms with Crippen molar-refractivity contribution < 1.29 is 23.1 Å². The first-order valence-corrected chi connectivity index (χ1v) is 16.2. The van der Waals surface area contributed by atoms with E-state index in [2.05, 4.69) is 30.1 Å². The number of aryl methyl sites for hydroxylation is 1. The maximum absolute atomic E-state index is 15.2. The second-order valence-electron chi connectivity index (χ2n) is 11.8. The second-order valence-corrected chi connectivity index (χ2v) is 12.8. The van der Waals surface area contributed by atoms with Gasteiger partial charge in [0.1, 0.15) is 17.0 Å². The number of hydrogen-bond donors (Lipinski definition) is 2. The van der Waals surface area contributed by atoms with Crippen LogP contribution in [-0.2, 0) is 16.1 Å². The van der Waals surface area contributed by atoms with Gasteiger partial charge in [-0.05, 0) is 82.1 Å². The molecule has 2 N–H and O–H groups in total. The van der Waals surface area contributed by atoms with Gasteiger partial charge in [-0.15, -0.1) is 11.3 Å². The van der Waals surface area contributed by atoms with Gasteiger partial charge in [-0.3, -0.25) is 14.6 Å². The fraction of sp³-hybridized carbons (Fsp3) is 0.294. The smallest absolute Gasteiger partial charge is 0.240 e. The van der Waals surface area contributed by atoms with Crippen molar-refractivity contribution in [3.05, 3.63) is 85.0 Å². The van der Waals surface area contributed by atoms with Crippen molar-refractivity contribution in [1.29, 1.82) is 0 Å². The van der Waals surface area contributed by atoms with E-state index in [1.54, 1.807) is 18.3 Å². The normalized spacial score (nSPS) is 15.6. The van der Waals surface area contributed by atoms with E-state index < -0.39 is 28.9 Å². The lowest BCUT2D eigenvalue weighted by atomic mass is 10.0. The molecule has 1 saturated carbocycles. The Bertz CT molecular complexity index is 1910. The summed E-state index contributed by atoms with van der Waals surface area (Å²) >= 11 is 1.47. The number of imidazole rings is 1. The monoisotopic (exact) mass is 642 g/mol. The number of carbonyl (C=O) groups is 2. The Kier molecular flexibility index (Phi) is 8.22. The zero-order chi connectivity index (χ0) is 31.7. The molecule has 236 valence electrons. The SMILES string of the molecule is O=C(Nc1ccc(Oc2ccnc3cc(-c4cn(CCCN5CCCC5)cn4)sc23)c(F)c1)C1(C(=O)Nc2ccccc2F)CC1. The Balaban J connectivity index is 1.01. The number of nitrogens with one attached hydrogen (secondary N) is 2. The Morgan fingerprint density at radius 2 is 1.72 bits per heavy atom. The fourth-order valence-corrected chi connectivity index (χ4v) is 6.76. The molecule has 5 aromatic rings. The number of benzene rings is 2. The van der Waals surface area contributed by atoms with Crippen molar-refractivity contribution in [1.82, 2.24) is 19.4 Å². The van der Waals surface area contributed by atoms with Gasteiger partial charge in [0.05, 0.1) is 32.8 Å². The van der Waals surface area contributed by atoms with E-state index in [1.165, 1.54) is 67.6 Å². The van der Waals surface area contributed by atoms with E-state index in [4.69, 9.17) is 4.74 Å². The number of hydrogen-bond acceptors (Lipinski definition) is 7. The Hall–Kier alpha value is -4.68. The average Bonchev–Trinajstić information content (AvgIpc) is 3.37. The number of aromatic nitrogens is 3. The zero-order valence-corrected chi connectivity index (χ0v) is 25.8. The van der Waals surface area contributed by atoms with Gasteiger partial charge in [-0.25, -0.2) is 13.8 Å². The summed E-state index contributed by atoms with van der Waals surface area (Å²) in [6, 6.07) is 13.5. The van der Waals surface area contributed by atoms with Gasteiger partial charge in [0.15, 0.2) is 11.6 Å². The maximum atomic E-state index is 15.2. The van der Waals surface area contributed by atoms with Crippen molar-refractivity contribution in [2.45, 2.75) is 38.6 Å². The number of amides is 2. The van der Waals surface area contributed by atoms with Crippen LogP contribution in [0.3, 0.4) is 0 Å². The molecule has 0 spiro atoms. The fourth-order valence-electron chi connectivity index (χ4n) is 5.73. The highest BCUT2D eigenvalue weighted by Crippen LogP contribution is 2.48. The number of pyridine rings is 1. The van der Waals surface area contributed by atoms with Crippen LogP contribution >= 0.6 is 11.3 Å². The Morgan fingerprint density at radius 3 is 2.50 bits per heavy atom. The molecule has 0 atom stereocenters. The molecule has 4 heterocycles. The van der Waals surface area contributed by atoms with Gasteiger partial charge in [-0.2, -0.15) is 0 Å². The van der Waals surface area contributed by atoms with Crippen LogP contribution in [0.25, 0.3) is 20.8 Å². The molecule has 7 rings (SSSR count). The van der Waals surface area contributed by atoms with Crippen LogP contribution in [0.5, 0.6) is 11.5 Å². The third-order valence-electron chi connectivity index (χ3n) is 8.50. The summed E-state index contributed by atoms with van der Waals surface area (Å²) in [4.78, 5) is 38.4. The van der Waals surface area contributed by atoms with E-state index in [0.717, 1.165) is 40.8 Å². The molecule has 1 aliphatic heterocycles. The molecule has 1 saturated heterocycles. The number of thiophene rings is 1. The minimum atomic E-state index is -1.34. The van der Waals surface area contributed by atoms with Gasteiger partial charge < -0.3 is 24.8 Å². The van der Waals surface area contributed by atoms with Crippen LogP contribution in [0.4, 0.5) is 20.2 Å². The highest BCUT2D eigenvalue weighted by atomic mass is 32.1. The molecule has 0 unspecified atom stereocenters. The van der Waals surface area contributed by atoms with Crippen molar-refractivity contribution in [3.8, 4) is 22.1 Å². The van der Waals surface area contributed by atoms with E-state index in [-0.39, 0.29) is 17.1 Å². The molecule has 46 heavy (non-hydrogen) atoms. The number of rotatable bonds is 11. The van der Waals surface area contributed by atoms with Crippen LogP contribution in [0.1, 0.15) is 32.1 Å².